The molecule has 2 rings (SSSR count). The Bertz CT molecular complexity index is 343. The first-order chi connectivity index (χ1) is 9.00. The van der Waals surface area contributed by atoms with Crippen LogP contribution in [-0.4, -0.2) is 35.3 Å². The molecule has 0 aromatic heterocycles. The second kappa shape index (κ2) is 5.90. The van der Waals surface area contributed by atoms with E-state index in [4.69, 9.17) is 11.5 Å². The van der Waals surface area contributed by atoms with Crippen molar-refractivity contribution < 1.29 is 9.59 Å². The summed E-state index contributed by atoms with van der Waals surface area (Å²) >= 11 is 0. The standard InChI is InChI=1S/C14H25N3O2/c15-13(19)11-4-8-17(9-5-11)12(18)10-14(16)6-2-1-3-7-14/h11H,1-10,16H2,(H2,15,19). The minimum absolute atomic E-state index is 0.0643. The Balaban J connectivity index is 1.82. The van der Waals surface area contributed by atoms with E-state index in [2.05, 4.69) is 0 Å². The molecule has 0 aromatic carbocycles. The highest BCUT2D eigenvalue weighted by Crippen LogP contribution is 2.29. The van der Waals surface area contributed by atoms with Crippen molar-refractivity contribution in [1.29, 1.82) is 0 Å². The average molecular weight is 267 g/mol. The van der Waals surface area contributed by atoms with Crippen molar-refractivity contribution in [1.82, 2.24) is 4.90 Å². The SMILES string of the molecule is NC(=O)C1CCN(C(=O)CC2(N)CCCCC2)CC1. The first-order valence-corrected chi connectivity index (χ1v) is 7.36. The molecule has 2 fully saturated rings. The number of hydrogen-bond donors (Lipinski definition) is 2. The third kappa shape index (κ3) is 3.69. The second-order valence-corrected chi connectivity index (χ2v) is 6.16. The number of hydrogen-bond acceptors (Lipinski definition) is 3. The van der Waals surface area contributed by atoms with Gasteiger partial charge in [-0.3, -0.25) is 9.59 Å². The van der Waals surface area contributed by atoms with Crippen molar-refractivity contribution in [2.75, 3.05) is 13.1 Å². The molecule has 0 spiro atoms. The molecule has 1 aliphatic heterocycles. The van der Waals surface area contributed by atoms with Gasteiger partial charge in [-0.15, -0.1) is 0 Å². The van der Waals surface area contributed by atoms with Crippen LogP contribution in [0.3, 0.4) is 0 Å². The number of likely N-dealkylation sites (tertiary alicyclic amines) is 1. The van der Waals surface area contributed by atoms with E-state index < -0.39 is 0 Å². The molecule has 1 saturated carbocycles. The van der Waals surface area contributed by atoms with Gasteiger partial charge in [0.05, 0.1) is 0 Å². The molecule has 19 heavy (non-hydrogen) atoms. The molecule has 0 atom stereocenters. The van der Waals surface area contributed by atoms with E-state index in [0.717, 1.165) is 25.7 Å². The molecule has 0 radical (unpaired) electrons. The van der Waals surface area contributed by atoms with Crippen molar-refractivity contribution in [3.8, 4) is 0 Å². The monoisotopic (exact) mass is 267 g/mol. The zero-order valence-corrected chi connectivity index (χ0v) is 11.6. The quantitative estimate of drug-likeness (QED) is 0.791. The largest absolute Gasteiger partial charge is 0.369 e. The Hall–Kier alpha value is -1.10. The van der Waals surface area contributed by atoms with Gasteiger partial charge in [-0.2, -0.15) is 0 Å². The van der Waals surface area contributed by atoms with Crippen LogP contribution in [0.5, 0.6) is 0 Å². The predicted octanol–water partition coefficient (Wildman–Crippen LogP) is 0.762. The second-order valence-electron chi connectivity index (χ2n) is 6.16. The number of primary amides is 1. The van der Waals surface area contributed by atoms with Crippen LogP contribution in [0.4, 0.5) is 0 Å². The Morgan fingerprint density at radius 3 is 2.21 bits per heavy atom. The average Bonchev–Trinajstić information content (AvgIpc) is 2.39. The van der Waals surface area contributed by atoms with Gasteiger partial charge in [0, 0.05) is 31.0 Å². The summed E-state index contributed by atoms with van der Waals surface area (Å²) in [6, 6.07) is 0. The summed E-state index contributed by atoms with van der Waals surface area (Å²) in [6.07, 6.45) is 7.25. The minimum atomic E-state index is -0.296. The summed E-state index contributed by atoms with van der Waals surface area (Å²) < 4.78 is 0. The molecular formula is C14H25N3O2. The lowest BCUT2D eigenvalue weighted by Gasteiger charge is -2.36. The Kier molecular flexibility index (Phi) is 4.45. The number of rotatable bonds is 3. The molecule has 108 valence electrons. The van der Waals surface area contributed by atoms with Gasteiger partial charge in [-0.25, -0.2) is 0 Å². The zero-order valence-electron chi connectivity index (χ0n) is 11.6. The van der Waals surface area contributed by atoms with Crippen molar-refractivity contribution in [3.63, 3.8) is 0 Å². The van der Waals surface area contributed by atoms with Gasteiger partial charge >= 0.3 is 0 Å². The lowest BCUT2D eigenvalue weighted by atomic mass is 9.80. The van der Waals surface area contributed by atoms with Gasteiger partial charge in [0.2, 0.25) is 11.8 Å². The summed E-state index contributed by atoms with van der Waals surface area (Å²) in [6.45, 7) is 1.28. The fourth-order valence-corrected chi connectivity index (χ4v) is 3.26. The maximum Gasteiger partial charge on any atom is 0.224 e. The summed E-state index contributed by atoms with van der Waals surface area (Å²) in [7, 11) is 0. The van der Waals surface area contributed by atoms with Gasteiger partial charge < -0.3 is 16.4 Å². The molecule has 4 N–H and O–H groups in total. The fourth-order valence-electron chi connectivity index (χ4n) is 3.26. The number of carbonyl (C=O) groups excluding carboxylic acids is 2. The summed E-state index contributed by atoms with van der Waals surface area (Å²) in [4.78, 5) is 25.2. The van der Waals surface area contributed by atoms with Gasteiger partial charge in [0.25, 0.3) is 0 Å². The van der Waals surface area contributed by atoms with Gasteiger partial charge in [-0.05, 0) is 25.7 Å². The number of amides is 2. The molecule has 5 nitrogen and oxygen atoms in total. The Labute approximate surface area is 114 Å². The topological polar surface area (TPSA) is 89.4 Å². The molecule has 1 saturated heterocycles. The first kappa shape index (κ1) is 14.3. The first-order valence-electron chi connectivity index (χ1n) is 7.36. The Morgan fingerprint density at radius 2 is 1.68 bits per heavy atom. The third-order valence-electron chi connectivity index (χ3n) is 4.60. The van der Waals surface area contributed by atoms with Crippen molar-refractivity contribution in [2.45, 2.75) is 56.9 Å². The highest BCUT2D eigenvalue weighted by atomic mass is 16.2. The molecular weight excluding hydrogens is 242 g/mol. The summed E-state index contributed by atoms with van der Waals surface area (Å²) in [5, 5.41) is 0. The normalized spacial score (nSPS) is 24.2. The number of carbonyl (C=O) groups is 2. The van der Waals surface area contributed by atoms with Crippen LogP contribution in [0.25, 0.3) is 0 Å². The van der Waals surface area contributed by atoms with E-state index in [0.29, 0.717) is 32.4 Å². The number of nitrogens with zero attached hydrogens (tertiary/aromatic N) is 1. The Morgan fingerprint density at radius 1 is 1.11 bits per heavy atom. The molecule has 2 aliphatic rings. The molecule has 5 heteroatoms. The molecule has 2 amide bonds. The smallest absolute Gasteiger partial charge is 0.224 e. The lowest BCUT2D eigenvalue weighted by molar-refractivity contribution is -0.136. The van der Waals surface area contributed by atoms with Crippen molar-refractivity contribution in [3.05, 3.63) is 0 Å². The highest BCUT2D eigenvalue weighted by molar-refractivity contribution is 5.79. The maximum atomic E-state index is 12.3. The van der Waals surface area contributed by atoms with E-state index in [-0.39, 0.29) is 23.3 Å². The fraction of sp³-hybridized carbons (Fsp3) is 0.857. The van der Waals surface area contributed by atoms with Crippen LogP contribution < -0.4 is 11.5 Å². The zero-order chi connectivity index (χ0) is 13.9. The van der Waals surface area contributed by atoms with E-state index in [1.165, 1.54) is 6.42 Å². The predicted molar refractivity (Wildman–Crippen MR) is 73.1 cm³/mol. The van der Waals surface area contributed by atoms with Crippen LogP contribution in [0.15, 0.2) is 0 Å². The summed E-state index contributed by atoms with van der Waals surface area (Å²) in [5.41, 5.74) is 11.3. The van der Waals surface area contributed by atoms with E-state index in [1.54, 1.807) is 0 Å². The highest BCUT2D eigenvalue weighted by Gasteiger charge is 2.33. The third-order valence-corrected chi connectivity index (χ3v) is 4.60. The summed E-state index contributed by atoms with van der Waals surface area (Å²) in [5.74, 6) is -0.160. The minimum Gasteiger partial charge on any atom is -0.369 e. The molecule has 0 bridgehead atoms. The molecule has 1 heterocycles. The van der Waals surface area contributed by atoms with Crippen LogP contribution in [0.1, 0.15) is 51.4 Å². The number of nitrogens with two attached hydrogens (primary N) is 2. The van der Waals surface area contributed by atoms with E-state index >= 15 is 0 Å². The van der Waals surface area contributed by atoms with E-state index in [9.17, 15) is 9.59 Å². The van der Waals surface area contributed by atoms with Crippen LogP contribution in [0.2, 0.25) is 0 Å². The molecule has 0 unspecified atom stereocenters. The molecule has 0 aromatic rings. The van der Waals surface area contributed by atoms with Gasteiger partial charge in [0.15, 0.2) is 0 Å². The van der Waals surface area contributed by atoms with Crippen LogP contribution >= 0.6 is 0 Å². The van der Waals surface area contributed by atoms with Crippen LogP contribution in [-0.2, 0) is 9.59 Å². The van der Waals surface area contributed by atoms with Crippen molar-refractivity contribution in [2.24, 2.45) is 17.4 Å². The van der Waals surface area contributed by atoms with Crippen LogP contribution in [0, 0.1) is 5.92 Å². The van der Waals surface area contributed by atoms with Gasteiger partial charge in [-0.1, -0.05) is 19.3 Å². The van der Waals surface area contributed by atoms with Crippen molar-refractivity contribution >= 4 is 11.8 Å². The van der Waals surface area contributed by atoms with Gasteiger partial charge in [0.1, 0.15) is 0 Å². The van der Waals surface area contributed by atoms with E-state index in [1.807, 2.05) is 4.90 Å². The maximum absolute atomic E-state index is 12.3. The number of piperidine rings is 1. The molecule has 1 aliphatic carbocycles. The lowest BCUT2D eigenvalue weighted by Crippen LogP contribution is -2.49.